The number of H-pyrrole nitrogens is 1. The van der Waals surface area contributed by atoms with E-state index in [0.29, 0.717) is 16.6 Å². The van der Waals surface area contributed by atoms with E-state index in [0.717, 1.165) is 0 Å². The maximum absolute atomic E-state index is 12.0. The molecule has 1 amide bonds. The van der Waals surface area contributed by atoms with E-state index in [1.165, 1.54) is 24.4 Å². The second kappa shape index (κ2) is 8.40. The summed E-state index contributed by atoms with van der Waals surface area (Å²) in [6, 6.07) is 11.3. The molecule has 0 aliphatic rings. The number of aryl methyl sites for hydroxylation is 1. The molecule has 1 aromatic heterocycles. The lowest BCUT2D eigenvalue weighted by molar-refractivity contribution is -0.384. The van der Waals surface area contributed by atoms with Crippen LogP contribution < -0.4 is 11.0 Å². The highest BCUT2D eigenvalue weighted by Crippen LogP contribution is 2.24. The molecule has 142 valence electrons. The van der Waals surface area contributed by atoms with Crippen LogP contribution in [0.25, 0.3) is 11.0 Å². The van der Waals surface area contributed by atoms with Crippen LogP contribution in [-0.2, 0) is 11.2 Å². The molecule has 0 saturated heterocycles. The molecule has 10 heteroatoms. The quantitative estimate of drug-likeness (QED) is 0.373. The molecule has 0 aliphatic carbocycles. The fourth-order valence-electron chi connectivity index (χ4n) is 2.45. The summed E-state index contributed by atoms with van der Waals surface area (Å²) < 4.78 is 0. The summed E-state index contributed by atoms with van der Waals surface area (Å²) >= 11 is 5.73. The van der Waals surface area contributed by atoms with Gasteiger partial charge in [-0.3, -0.25) is 19.7 Å². The molecule has 0 fully saturated rings. The number of aromatic amines is 1. The number of hydrogen-bond donors (Lipinski definition) is 2. The number of nitrogens with zero attached hydrogens (tertiary/aromatic N) is 3. The summed E-state index contributed by atoms with van der Waals surface area (Å²) in [6.45, 7) is 0. The summed E-state index contributed by atoms with van der Waals surface area (Å²) in [7, 11) is 0. The molecular formula is C18H14ClN5O4. The molecule has 2 N–H and O–H groups in total. The van der Waals surface area contributed by atoms with E-state index in [2.05, 4.69) is 20.5 Å². The fraction of sp³-hybridized carbons (Fsp3) is 0.111. The zero-order valence-corrected chi connectivity index (χ0v) is 15.1. The van der Waals surface area contributed by atoms with Gasteiger partial charge in [-0.05, 0) is 18.2 Å². The Morgan fingerprint density at radius 3 is 2.89 bits per heavy atom. The Bertz CT molecular complexity index is 1140. The van der Waals surface area contributed by atoms with Gasteiger partial charge in [-0.25, -0.2) is 10.4 Å². The number of halogens is 1. The highest BCUT2D eigenvalue weighted by Gasteiger charge is 2.12. The Morgan fingerprint density at radius 1 is 1.32 bits per heavy atom. The van der Waals surface area contributed by atoms with Crippen molar-refractivity contribution in [2.24, 2.45) is 5.10 Å². The molecular weight excluding hydrogens is 386 g/mol. The van der Waals surface area contributed by atoms with Gasteiger partial charge in [0, 0.05) is 24.5 Å². The van der Waals surface area contributed by atoms with Crippen molar-refractivity contribution < 1.29 is 9.72 Å². The first-order chi connectivity index (χ1) is 13.4. The molecule has 0 bridgehead atoms. The Balaban J connectivity index is 1.60. The molecule has 0 spiro atoms. The van der Waals surface area contributed by atoms with Crippen LogP contribution in [0.2, 0.25) is 5.02 Å². The van der Waals surface area contributed by atoms with Crippen molar-refractivity contribution in [2.45, 2.75) is 12.8 Å². The zero-order chi connectivity index (χ0) is 20.1. The number of benzene rings is 2. The number of hydrazone groups is 1. The van der Waals surface area contributed by atoms with Crippen molar-refractivity contribution in [3.05, 3.63) is 79.2 Å². The summed E-state index contributed by atoms with van der Waals surface area (Å²) in [5.74, 6) is -0.422. The lowest BCUT2D eigenvalue weighted by Gasteiger charge is -2.02. The molecule has 9 nitrogen and oxygen atoms in total. The van der Waals surface area contributed by atoms with Gasteiger partial charge >= 0.3 is 0 Å². The van der Waals surface area contributed by atoms with Gasteiger partial charge in [0.05, 0.1) is 22.2 Å². The van der Waals surface area contributed by atoms with Crippen LogP contribution in [0, 0.1) is 10.1 Å². The number of carbonyl (C=O) groups is 1. The molecule has 0 unspecified atom stereocenters. The maximum atomic E-state index is 12.0. The summed E-state index contributed by atoms with van der Waals surface area (Å²) in [5, 5.41) is 14.6. The van der Waals surface area contributed by atoms with Gasteiger partial charge in [-0.1, -0.05) is 29.8 Å². The molecule has 0 radical (unpaired) electrons. The third-order valence-electron chi connectivity index (χ3n) is 3.83. The number of nitro benzene ring substituents is 1. The number of hydrogen-bond acceptors (Lipinski definition) is 6. The molecule has 3 aromatic rings. The van der Waals surface area contributed by atoms with Gasteiger partial charge < -0.3 is 4.98 Å². The van der Waals surface area contributed by atoms with Gasteiger partial charge in [0.15, 0.2) is 0 Å². The molecule has 0 atom stereocenters. The van der Waals surface area contributed by atoms with Gasteiger partial charge in [-0.2, -0.15) is 5.10 Å². The predicted molar refractivity (Wildman–Crippen MR) is 105 cm³/mol. The van der Waals surface area contributed by atoms with Crippen molar-refractivity contribution >= 4 is 40.4 Å². The van der Waals surface area contributed by atoms with Crippen molar-refractivity contribution in [1.29, 1.82) is 0 Å². The molecule has 28 heavy (non-hydrogen) atoms. The van der Waals surface area contributed by atoms with E-state index in [1.807, 2.05) is 0 Å². The average Bonchev–Trinajstić information content (AvgIpc) is 2.67. The number of rotatable bonds is 6. The van der Waals surface area contributed by atoms with E-state index < -0.39 is 10.8 Å². The number of para-hydroxylation sites is 2. The lowest BCUT2D eigenvalue weighted by atomic mass is 10.2. The molecule has 1 heterocycles. The number of nitrogens with one attached hydrogen (secondary N) is 2. The monoisotopic (exact) mass is 399 g/mol. The highest BCUT2D eigenvalue weighted by molar-refractivity contribution is 6.32. The number of carbonyl (C=O) groups excluding carboxylic acids is 1. The molecule has 0 saturated carbocycles. The third-order valence-corrected chi connectivity index (χ3v) is 4.15. The van der Waals surface area contributed by atoms with Gasteiger partial charge in [0.2, 0.25) is 5.91 Å². The summed E-state index contributed by atoms with van der Waals surface area (Å²) in [5.41, 5.74) is 3.64. The number of fused-ring (bicyclic) bond motifs is 1. The largest absolute Gasteiger partial charge is 0.319 e. The van der Waals surface area contributed by atoms with Crippen LogP contribution in [0.4, 0.5) is 5.69 Å². The second-order valence-electron chi connectivity index (χ2n) is 5.79. The standard InChI is InChI=1S/C18H14ClN5O4/c19-12-6-5-11(9-16(12)24(27)28)10-20-23-17(25)8-7-15-18(26)22-14-4-2-1-3-13(14)21-15/h1-6,9-10H,7-8H2,(H,22,26)(H,23,25)/b20-10-. The Labute approximate surface area is 163 Å². The minimum atomic E-state index is -0.605. The van der Waals surface area contributed by atoms with E-state index >= 15 is 0 Å². The van der Waals surface area contributed by atoms with Crippen molar-refractivity contribution in [3.8, 4) is 0 Å². The Hall–Kier alpha value is -3.59. The van der Waals surface area contributed by atoms with Crippen LogP contribution in [0.5, 0.6) is 0 Å². The van der Waals surface area contributed by atoms with E-state index in [4.69, 9.17) is 11.6 Å². The molecule has 2 aromatic carbocycles. The highest BCUT2D eigenvalue weighted by atomic mass is 35.5. The van der Waals surface area contributed by atoms with Crippen LogP contribution in [0.15, 0.2) is 52.4 Å². The lowest BCUT2D eigenvalue weighted by Crippen LogP contribution is -2.21. The first-order valence-corrected chi connectivity index (χ1v) is 8.55. The minimum Gasteiger partial charge on any atom is -0.319 e. The minimum absolute atomic E-state index is 0.00647. The molecule has 0 aliphatic heterocycles. The number of aromatic nitrogens is 2. The SMILES string of the molecule is O=C(CCc1nc2ccccc2[nH]c1=O)N/N=C\c1ccc(Cl)c([N+](=O)[O-])c1. The number of amides is 1. The van der Waals surface area contributed by atoms with Crippen molar-refractivity contribution in [2.75, 3.05) is 0 Å². The summed E-state index contributed by atoms with van der Waals surface area (Å²) in [4.78, 5) is 41.2. The molecule has 3 rings (SSSR count). The van der Waals surface area contributed by atoms with Crippen molar-refractivity contribution in [1.82, 2.24) is 15.4 Å². The maximum Gasteiger partial charge on any atom is 0.288 e. The van der Waals surface area contributed by atoms with Crippen LogP contribution >= 0.6 is 11.6 Å². The van der Waals surface area contributed by atoms with Crippen LogP contribution in [-0.4, -0.2) is 27.0 Å². The van der Waals surface area contributed by atoms with Gasteiger partial charge in [-0.15, -0.1) is 0 Å². The van der Waals surface area contributed by atoms with E-state index in [9.17, 15) is 19.7 Å². The topological polar surface area (TPSA) is 130 Å². The first kappa shape index (κ1) is 19.2. The van der Waals surface area contributed by atoms with Crippen LogP contribution in [0.3, 0.4) is 0 Å². The van der Waals surface area contributed by atoms with E-state index in [-0.39, 0.29) is 34.8 Å². The van der Waals surface area contributed by atoms with Gasteiger partial charge in [0.25, 0.3) is 11.2 Å². The van der Waals surface area contributed by atoms with Gasteiger partial charge in [0.1, 0.15) is 10.7 Å². The normalized spacial score (nSPS) is 11.0. The van der Waals surface area contributed by atoms with E-state index in [1.54, 1.807) is 24.3 Å². The third kappa shape index (κ3) is 4.57. The second-order valence-corrected chi connectivity index (χ2v) is 6.20. The zero-order valence-electron chi connectivity index (χ0n) is 14.4. The number of nitro groups is 1. The fourth-order valence-corrected chi connectivity index (χ4v) is 2.64. The predicted octanol–water partition coefficient (Wildman–Crippen LogP) is 2.57. The van der Waals surface area contributed by atoms with Crippen LogP contribution in [0.1, 0.15) is 17.7 Å². The Morgan fingerprint density at radius 2 is 2.11 bits per heavy atom. The smallest absolute Gasteiger partial charge is 0.288 e. The Kier molecular flexibility index (Phi) is 5.75. The van der Waals surface area contributed by atoms with Crippen molar-refractivity contribution in [3.63, 3.8) is 0 Å². The first-order valence-electron chi connectivity index (χ1n) is 8.18. The average molecular weight is 400 g/mol. The summed E-state index contributed by atoms with van der Waals surface area (Å²) in [6.07, 6.45) is 1.42.